The third-order valence-electron chi connectivity index (χ3n) is 2.37. The van der Waals surface area contributed by atoms with Gasteiger partial charge in [-0.25, -0.2) is 10.8 Å². The van der Waals surface area contributed by atoms with Crippen LogP contribution in [0.3, 0.4) is 0 Å². The number of nitrogen functional groups attached to an aromatic ring is 1. The Morgan fingerprint density at radius 1 is 1.30 bits per heavy atom. The van der Waals surface area contributed by atoms with Crippen LogP contribution in [0.25, 0.3) is 0 Å². The van der Waals surface area contributed by atoms with Crippen molar-refractivity contribution in [1.29, 1.82) is 0 Å². The molecule has 9 heteroatoms. The maximum atomic E-state index is 10.6. The highest BCUT2D eigenvalue weighted by atomic mass is 16.6. The Balaban J connectivity index is 2.27. The van der Waals surface area contributed by atoms with Gasteiger partial charge in [-0.05, 0) is 12.1 Å². The number of nitro groups is 1. The van der Waals surface area contributed by atoms with Crippen LogP contribution in [0.1, 0.15) is 0 Å². The molecule has 0 saturated heterocycles. The summed E-state index contributed by atoms with van der Waals surface area (Å²) in [6, 6.07) is 5.56. The first-order valence-corrected chi connectivity index (χ1v) is 5.43. The van der Waals surface area contributed by atoms with E-state index in [1.807, 2.05) is 0 Å². The molecule has 0 unspecified atom stereocenters. The molecule has 0 fully saturated rings. The van der Waals surface area contributed by atoms with Crippen LogP contribution in [0.5, 0.6) is 17.4 Å². The fraction of sp³-hybridized carbons (Fsp3) is 0.0909. The lowest BCUT2D eigenvalue weighted by atomic mass is 10.3. The number of nitrogens with two attached hydrogens (primary N) is 1. The first-order chi connectivity index (χ1) is 9.65. The number of hydrazine groups is 1. The molecule has 0 aliphatic rings. The van der Waals surface area contributed by atoms with E-state index in [1.54, 1.807) is 0 Å². The van der Waals surface area contributed by atoms with Crippen molar-refractivity contribution in [3.8, 4) is 17.4 Å². The maximum Gasteiger partial charge on any atom is 0.269 e. The average Bonchev–Trinajstić information content (AvgIpc) is 2.47. The van der Waals surface area contributed by atoms with Gasteiger partial charge in [0.1, 0.15) is 12.1 Å². The van der Waals surface area contributed by atoms with Gasteiger partial charge in [0.25, 0.3) is 11.6 Å². The molecule has 0 atom stereocenters. The zero-order valence-electron chi connectivity index (χ0n) is 10.4. The van der Waals surface area contributed by atoms with Gasteiger partial charge in [-0.2, -0.15) is 4.98 Å². The molecular formula is C11H11N5O4. The van der Waals surface area contributed by atoms with Gasteiger partial charge < -0.3 is 14.9 Å². The van der Waals surface area contributed by atoms with Crippen LogP contribution < -0.4 is 20.7 Å². The molecule has 0 aliphatic heterocycles. The lowest BCUT2D eigenvalue weighted by Gasteiger charge is -2.11. The zero-order valence-corrected chi connectivity index (χ0v) is 10.4. The summed E-state index contributed by atoms with van der Waals surface area (Å²) >= 11 is 0. The summed E-state index contributed by atoms with van der Waals surface area (Å²) in [6.45, 7) is 0. The van der Waals surface area contributed by atoms with Crippen molar-refractivity contribution in [2.75, 3.05) is 12.5 Å². The van der Waals surface area contributed by atoms with Crippen LogP contribution in [0.15, 0.2) is 30.6 Å². The predicted molar refractivity (Wildman–Crippen MR) is 69.6 cm³/mol. The molecule has 1 aromatic carbocycles. The molecule has 1 aromatic heterocycles. The smallest absolute Gasteiger partial charge is 0.269 e. The molecule has 0 radical (unpaired) electrons. The van der Waals surface area contributed by atoms with E-state index in [4.69, 9.17) is 15.3 Å². The third kappa shape index (κ3) is 2.72. The molecule has 0 saturated carbocycles. The van der Waals surface area contributed by atoms with Gasteiger partial charge in [-0.1, -0.05) is 0 Å². The molecule has 0 aliphatic carbocycles. The van der Waals surface area contributed by atoms with E-state index >= 15 is 0 Å². The van der Waals surface area contributed by atoms with E-state index in [2.05, 4.69) is 15.4 Å². The summed E-state index contributed by atoms with van der Waals surface area (Å²) in [7, 11) is 1.42. The average molecular weight is 277 g/mol. The monoisotopic (exact) mass is 277 g/mol. The number of non-ortho nitro benzene ring substituents is 1. The molecule has 9 nitrogen and oxygen atoms in total. The van der Waals surface area contributed by atoms with Crippen molar-refractivity contribution < 1.29 is 14.4 Å². The molecule has 2 rings (SSSR count). The number of hydrogen-bond acceptors (Lipinski definition) is 8. The Hall–Kier alpha value is -2.94. The summed E-state index contributed by atoms with van der Waals surface area (Å²) in [6.07, 6.45) is 1.25. The Morgan fingerprint density at radius 3 is 2.55 bits per heavy atom. The normalized spacial score (nSPS) is 9.90. The van der Waals surface area contributed by atoms with Crippen LogP contribution in [0.4, 0.5) is 11.5 Å². The number of ether oxygens (including phenoxy) is 2. The van der Waals surface area contributed by atoms with Crippen molar-refractivity contribution in [2.24, 2.45) is 5.84 Å². The number of methoxy groups -OCH3 is 1. The molecule has 20 heavy (non-hydrogen) atoms. The summed E-state index contributed by atoms with van der Waals surface area (Å²) < 4.78 is 10.6. The van der Waals surface area contributed by atoms with Crippen molar-refractivity contribution in [3.05, 3.63) is 40.7 Å². The molecule has 2 aromatic rings. The number of hydrogen-bond donors (Lipinski definition) is 2. The summed E-state index contributed by atoms with van der Waals surface area (Å²) in [5, 5.41) is 10.6. The SMILES string of the molecule is COc1c(NN)ncnc1Oc1ccc([N+](=O)[O-])cc1. The van der Waals surface area contributed by atoms with E-state index in [0.717, 1.165) is 0 Å². The Bertz CT molecular complexity index is 617. The van der Waals surface area contributed by atoms with Crippen molar-refractivity contribution >= 4 is 11.5 Å². The lowest BCUT2D eigenvalue weighted by molar-refractivity contribution is -0.384. The topological polar surface area (TPSA) is 125 Å². The lowest BCUT2D eigenvalue weighted by Crippen LogP contribution is -2.10. The second-order valence-corrected chi connectivity index (χ2v) is 3.56. The summed E-state index contributed by atoms with van der Waals surface area (Å²) in [5.41, 5.74) is 2.32. The quantitative estimate of drug-likeness (QED) is 0.478. The van der Waals surface area contributed by atoms with Gasteiger partial charge in [0.15, 0.2) is 5.82 Å². The Kier molecular flexibility index (Phi) is 3.91. The minimum absolute atomic E-state index is 0.0312. The fourth-order valence-corrected chi connectivity index (χ4v) is 1.46. The van der Waals surface area contributed by atoms with Crippen molar-refractivity contribution in [1.82, 2.24) is 9.97 Å². The molecule has 3 N–H and O–H groups in total. The standard InChI is InChI=1S/C11H11N5O4/c1-19-9-10(15-12)13-6-14-11(9)20-8-4-2-7(3-5-8)16(17)18/h2-6H,12H2,1H3,(H,13,14,15). The second kappa shape index (κ2) is 5.80. The van der Waals surface area contributed by atoms with E-state index in [-0.39, 0.29) is 23.1 Å². The molecule has 104 valence electrons. The number of nitro benzene ring substituents is 1. The van der Waals surface area contributed by atoms with Crippen LogP contribution in [-0.2, 0) is 0 Å². The Labute approximate surface area is 113 Å². The first-order valence-electron chi connectivity index (χ1n) is 5.43. The number of nitrogens with one attached hydrogen (secondary N) is 1. The second-order valence-electron chi connectivity index (χ2n) is 3.56. The zero-order chi connectivity index (χ0) is 14.5. The van der Waals surface area contributed by atoms with E-state index in [9.17, 15) is 10.1 Å². The molecule has 0 spiro atoms. The minimum atomic E-state index is -0.495. The number of benzene rings is 1. The maximum absolute atomic E-state index is 10.6. The van der Waals surface area contributed by atoms with Crippen LogP contribution in [0, 0.1) is 10.1 Å². The van der Waals surface area contributed by atoms with Crippen LogP contribution in [-0.4, -0.2) is 22.0 Å². The third-order valence-corrected chi connectivity index (χ3v) is 2.37. The summed E-state index contributed by atoms with van der Waals surface area (Å²) in [4.78, 5) is 17.9. The first kappa shape index (κ1) is 13.5. The van der Waals surface area contributed by atoms with E-state index < -0.39 is 4.92 Å². The predicted octanol–water partition coefficient (Wildman–Crippen LogP) is 1.47. The van der Waals surface area contributed by atoms with Crippen molar-refractivity contribution in [2.45, 2.75) is 0 Å². The largest absolute Gasteiger partial charge is 0.489 e. The molecule has 1 heterocycles. The van der Waals surface area contributed by atoms with Gasteiger partial charge in [0.05, 0.1) is 12.0 Å². The van der Waals surface area contributed by atoms with E-state index in [1.165, 1.54) is 37.7 Å². The molecular weight excluding hydrogens is 266 g/mol. The molecule has 0 bridgehead atoms. The highest BCUT2D eigenvalue weighted by Crippen LogP contribution is 2.33. The van der Waals surface area contributed by atoms with Crippen LogP contribution in [0.2, 0.25) is 0 Å². The van der Waals surface area contributed by atoms with Gasteiger partial charge in [-0.3, -0.25) is 10.1 Å². The number of aromatic nitrogens is 2. The van der Waals surface area contributed by atoms with Crippen LogP contribution >= 0.6 is 0 Å². The van der Waals surface area contributed by atoms with Crippen molar-refractivity contribution in [3.63, 3.8) is 0 Å². The Morgan fingerprint density at radius 2 is 2.00 bits per heavy atom. The number of nitrogens with zero attached hydrogens (tertiary/aromatic N) is 3. The summed E-state index contributed by atoms with van der Waals surface area (Å²) in [5.74, 6) is 6.30. The van der Waals surface area contributed by atoms with Gasteiger partial charge in [0, 0.05) is 12.1 Å². The highest BCUT2D eigenvalue weighted by molar-refractivity contribution is 5.55. The minimum Gasteiger partial charge on any atom is -0.489 e. The van der Waals surface area contributed by atoms with Gasteiger partial charge in [-0.15, -0.1) is 0 Å². The van der Waals surface area contributed by atoms with Gasteiger partial charge >= 0.3 is 0 Å². The van der Waals surface area contributed by atoms with E-state index in [0.29, 0.717) is 5.75 Å². The highest BCUT2D eigenvalue weighted by Gasteiger charge is 2.14. The number of rotatable bonds is 5. The van der Waals surface area contributed by atoms with Gasteiger partial charge in [0.2, 0.25) is 5.75 Å². The fourth-order valence-electron chi connectivity index (χ4n) is 1.46. The molecule has 0 amide bonds. The number of anilines is 1.